The van der Waals surface area contributed by atoms with Gasteiger partial charge in [-0.3, -0.25) is 4.79 Å². The van der Waals surface area contributed by atoms with Gasteiger partial charge in [0, 0.05) is 60.6 Å². The van der Waals surface area contributed by atoms with Crippen molar-refractivity contribution in [2.24, 2.45) is 5.92 Å². The fourth-order valence-electron chi connectivity index (χ4n) is 6.84. The topological polar surface area (TPSA) is 126 Å². The second-order valence-corrected chi connectivity index (χ2v) is 14.7. The third kappa shape index (κ3) is 8.76. The maximum absolute atomic E-state index is 15.5. The fourth-order valence-corrected chi connectivity index (χ4v) is 8.81. The van der Waals surface area contributed by atoms with Gasteiger partial charge in [0.1, 0.15) is 17.7 Å². The Morgan fingerprint density at radius 3 is 2.41 bits per heavy atom. The molecule has 4 atom stereocenters. The molecule has 2 aliphatic heterocycles. The number of hydrogen-bond acceptors (Lipinski definition) is 7. The van der Waals surface area contributed by atoms with Gasteiger partial charge >= 0.3 is 6.09 Å². The summed E-state index contributed by atoms with van der Waals surface area (Å²) in [5.41, 5.74) is 1.18. The Hall–Kier alpha value is -3.62. The quantitative estimate of drug-likeness (QED) is 0.240. The highest BCUT2D eigenvalue weighted by atomic mass is 35.5. The Labute approximate surface area is 290 Å². The molecule has 1 unspecified atom stereocenters. The van der Waals surface area contributed by atoms with Gasteiger partial charge in [-0.2, -0.15) is 4.31 Å². The first-order chi connectivity index (χ1) is 23.5. The molecular formula is C35H41ClF2N4O6S. The van der Waals surface area contributed by atoms with E-state index in [1.165, 1.54) is 35.7 Å². The number of alkyl carbamates (subject to hydrolysis) is 1. The molecule has 49 heavy (non-hydrogen) atoms. The lowest BCUT2D eigenvalue weighted by atomic mass is 9.76. The highest BCUT2D eigenvalue weighted by Gasteiger charge is 2.40. The molecule has 2 amide bonds. The van der Waals surface area contributed by atoms with Gasteiger partial charge in [-0.05, 0) is 92.6 Å². The van der Waals surface area contributed by atoms with E-state index >= 15 is 4.39 Å². The standard InChI is InChI=1S/C35H41ClF2N4O6S/c1-22-20-39-21-27(42(22)49(45,46)28-13-10-26(37)11-14-28)12-15-29-30(38)4-3-5-31(29)40-34(43)33(41-35(44)47-2)32(24-16-18-48-19-17-24)23-6-8-25(36)9-7-23/h3-11,13-14,22,24,27,32-33,39H,12,15-21H2,1-2H3,(H,40,43)(H,41,44)/t22-,27?,32+,33+/m1/s1. The van der Waals surface area contributed by atoms with Gasteiger partial charge in [0.15, 0.2) is 0 Å². The van der Waals surface area contributed by atoms with E-state index in [9.17, 15) is 22.4 Å². The van der Waals surface area contributed by atoms with Crippen LogP contribution in [0.1, 0.15) is 43.2 Å². The van der Waals surface area contributed by atoms with Crippen LogP contribution in [0.5, 0.6) is 0 Å². The summed E-state index contributed by atoms with van der Waals surface area (Å²) in [7, 11) is -2.79. The molecule has 5 rings (SSSR count). The van der Waals surface area contributed by atoms with Crippen molar-refractivity contribution in [3.63, 3.8) is 0 Å². The van der Waals surface area contributed by atoms with Gasteiger partial charge in [-0.25, -0.2) is 22.0 Å². The minimum atomic E-state index is -4.00. The normalized spacial score (nSPS) is 20.3. The number of rotatable bonds is 11. The number of methoxy groups -OCH3 is 1. The van der Waals surface area contributed by atoms with Gasteiger partial charge < -0.3 is 25.4 Å². The van der Waals surface area contributed by atoms with Gasteiger partial charge in [0.25, 0.3) is 0 Å². The summed E-state index contributed by atoms with van der Waals surface area (Å²) in [5, 5.41) is 9.34. The highest BCUT2D eigenvalue weighted by Crippen LogP contribution is 2.37. The first-order valence-corrected chi connectivity index (χ1v) is 18.1. The summed E-state index contributed by atoms with van der Waals surface area (Å²) >= 11 is 6.18. The number of nitrogens with one attached hydrogen (secondary N) is 3. The fraction of sp³-hybridized carbons (Fsp3) is 0.429. The van der Waals surface area contributed by atoms with Crippen LogP contribution in [0.15, 0.2) is 71.6 Å². The number of benzene rings is 3. The smallest absolute Gasteiger partial charge is 0.407 e. The molecule has 0 radical (unpaired) electrons. The van der Waals surface area contributed by atoms with Crippen LogP contribution in [0.2, 0.25) is 5.02 Å². The lowest BCUT2D eigenvalue weighted by Gasteiger charge is -2.40. The molecule has 10 nitrogen and oxygen atoms in total. The predicted octanol–water partition coefficient (Wildman–Crippen LogP) is 5.48. The van der Waals surface area contributed by atoms with Crippen molar-refractivity contribution in [1.82, 2.24) is 14.9 Å². The van der Waals surface area contributed by atoms with E-state index in [2.05, 4.69) is 16.0 Å². The summed E-state index contributed by atoms with van der Waals surface area (Å²) in [6.45, 7) is 3.50. The van der Waals surface area contributed by atoms with Crippen molar-refractivity contribution in [2.45, 2.75) is 61.5 Å². The van der Waals surface area contributed by atoms with Crippen LogP contribution >= 0.6 is 11.6 Å². The summed E-state index contributed by atoms with van der Waals surface area (Å²) in [6.07, 6.45) is 0.812. The third-order valence-electron chi connectivity index (χ3n) is 9.24. The molecular weight excluding hydrogens is 678 g/mol. The van der Waals surface area contributed by atoms with Gasteiger partial charge in [0.2, 0.25) is 15.9 Å². The van der Waals surface area contributed by atoms with Crippen molar-refractivity contribution in [3.8, 4) is 0 Å². The molecule has 2 fully saturated rings. The molecule has 0 bridgehead atoms. The maximum atomic E-state index is 15.5. The van der Waals surface area contributed by atoms with E-state index in [0.717, 1.165) is 17.7 Å². The molecule has 3 N–H and O–H groups in total. The number of sulfonamides is 1. The third-order valence-corrected chi connectivity index (χ3v) is 11.6. The molecule has 3 aromatic rings. The van der Waals surface area contributed by atoms with E-state index in [-0.39, 0.29) is 34.9 Å². The molecule has 14 heteroatoms. The van der Waals surface area contributed by atoms with Gasteiger partial charge in [-0.15, -0.1) is 0 Å². The summed E-state index contributed by atoms with van der Waals surface area (Å²) in [6, 6.07) is 14.0. The number of anilines is 1. The van der Waals surface area contributed by atoms with Crippen LogP contribution in [-0.4, -0.2) is 76.3 Å². The number of piperazine rings is 1. The van der Waals surface area contributed by atoms with Crippen molar-refractivity contribution in [3.05, 3.63) is 94.5 Å². The van der Waals surface area contributed by atoms with E-state index in [1.807, 2.05) is 12.1 Å². The first kappa shape index (κ1) is 36.7. The lowest BCUT2D eigenvalue weighted by molar-refractivity contribution is -0.119. The van der Waals surface area contributed by atoms with Crippen molar-refractivity contribution >= 4 is 39.3 Å². The lowest BCUT2D eigenvalue weighted by Crippen LogP contribution is -2.58. The highest BCUT2D eigenvalue weighted by molar-refractivity contribution is 7.89. The average Bonchev–Trinajstić information content (AvgIpc) is 3.09. The van der Waals surface area contributed by atoms with E-state index in [4.69, 9.17) is 21.1 Å². The van der Waals surface area contributed by atoms with Crippen LogP contribution < -0.4 is 16.0 Å². The number of amides is 2. The summed E-state index contributed by atoms with van der Waals surface area (Å²) in [4.78, 5) is 26.8. The molecule has 2 saturated heterocycles. The van der Waals surface area contributed by atoms with E-state index in [1.54, 1.807) is 25.1 Å². The van der Waals surface area contributed by atoms with Crippen molar-refractivity contribution in [2.75, 3.05) is 38.7 Å². The molecule has 3 aromatic carbocycles. The monoisotopic (exact) mass is 718 g/mol. The minimum Gasteiger partial charge on any atom is -0.453 e. The number of ether oxygens (including phenoxy) is 2. The Kier molecular flexibility index (Phi) is 12.3. The maximum Gasteiger partial charge on any atom is 0.407 e. The Morgan fingerprint density at radius 2 is 1.73 bits per heavy atom. The first-order valence-electron chi connectivity index (χ1n) is 16.3. The molecule has 0 aromatic heterocycles. The SMILES string of the molecule is COC(=O)N[C@H](C(=O)Nc1cccc(F)c1CCC1CNC[C@@H](C)N1S(=O)(=O)c1ccc(F)cc1)[C@@H](c1ccc(Cl)cc1)C1CCOCC1. The van der Waals surface area contributed by atoms with Gasteiger partial charge in [-0.1, -0.05) is 29.8 Å². The largest absolute Gasteiger partial charge is 0.453 e. The Bertz CT molecular complexity index is 1710. The van der Waals surface area contributed by atoms with Crippen LogP contribution in [0.3, 0.4) is 0 Å². The molecule has 0 aliphatic carbocycles. The van der Waals surface area contributed by atoms with Crippen LogP contribution in [0, 0.1) is 17.6 Å². The summed E-state index contributed by atoms with van der Waals surface area (Å²) < 4.78 is 68.4. The van der Waals surface area contributed by atoms with E-state index < -0.39 is 57.7 Å². The predicted molar refractivity (Wildman–Crippen MR) is 182 cm³/mol. The zero-order chi connectivity index (χ0) is 35.1. The Balaban J connectivity index is 1.42. The number of carbonyl (C=O) groups is 2. The molecule has 0 spiro atoms. The number of carbonyl (C=O) groups excluding carboxylic acids is 2. The second kappa shape index (κ2) is 16.4. The Morgan fingerprint density at radius 1 is 1.04 bits per heavy atom. The van der Waals surface area contributed by atoms with Crippen molar-refractivity contribution < 1.29 is 36.3 Å². The summed E-state index contributed by atoms with van der Waals surface area (Å²) in [5.74, 6) is -2.22. The average molecular weight is 719 g/mol. The molecule has 0 saturated carbocycles. The molecule has 2 aliphatic rings. The zero-order valence-corrected chi connectivity index (χ0v) is 28.9. The number of nitrogens with zero attached hydrogens (tertiary/aromatic N) is 1. The van der Waals surface area contributed by atoms with Crippen LogP contribution in [0.4, 0.5) is 19.3 Å². The molecule has 2 heterocycles. The number of hydrogen-bond donors (Lipinski definition) is 3. The van der Waals surface area contributed by atoms with Gasteiger partial charge in [0.05, 0.1) is 12.0 Å². The van der Waals surface area contributed by atoms with Crippen molar-refractivity contribution in [1.29, 1.82) is 0 Å². The zero-order valence-electron chi connectivity index (χ0n) is 27.3. The van der Waals surface area contributed by atoms with Crippen LogP contribution in [-0.2, 0) is 30.7 Å². The number of halogens is 3. The second-order valence-electron chi connectivity index (χ2n) is 12.4. The molecule has 264 valence electrons. The minimum absolute atomic E-state index is 0.0320. The van der Waals surface area contributed by atoms with E-state index in [0.29, 0.717) is 44.2 Å². The van der Waals surface area contributed by atoms with Crippen LogP contribution in [0.25, 0.3) is 0 Å².